The largest absolute Gasteiger partial charge is 0.362 e. The van der Waals surface area contributed by atoms with Crippen molar-refractivity contribution >= 4 is 33.7 Å². The van der Waals surface area contributed by atoms with Gasteiger partial charge in [-0.05, 0) is 76.0 Å². The van der Waals surface area contributed by atoms with Gasteiger partial charge in [0.05, 0.1) is 11.7 Å². The monoisotopic (exact) mass is 514 g/mol. The second-order valence-corrected chi connectivity index (χ2v) is 10.4. The molecule has 4 rings (SSSR count). The number of hydrogen-bond acceptors (Lipinski definition) is 5. The molecule has 0 aliphatic heterocycles. The Kier molecular flexibility index (Phi) is 7.73. The molecule has 2 aliphatic carbocycles. The molecule has 3 N–H and O–H groups in total. The standard InChI is InChI=1S/C25H35BrN6O/c1-16(17-8-10-18(26)11-9-17)27-25(33)29-20-14-12-19(13-15-20)28-24-30-22-7-5-4-6-21(22)23(31-24)32(2)3/h8-11,16,19-20H,4-7,12-15H2,1-3H3,(H2,27,29,33)(H,28,30,31)/t16?,19-,20+. The van der Waals surface area contributed by atoms with E-state index in [1.54, 1.807) is 0 Å². The van der Waals surface area contributed by atoms with Gasteiger partial charge in [0.25, 0.3) is 0 Å². The Morgan fingerprint density at radius 3 is 2.39 bits per heavy atom. The number of rotatable bonds is 6. The Bertz CT molecular complexity index is 956. The number of nitrogens with one attached hydrogen (secondary N) is 3. The lowest BCUT2D eigenvalue weighted by atomic mass is 9.91. The number of carbonyl (C=O) groups excluding carboxylic acids is 1. The number of carbonyl (C=O) groups is 1. The van der Waals surface area contributed by atoms with Gasteiger partial charge >= 0.3 is 6.03 Å². The first-order chi connectivity index (χ1) is 15.9. The molecule has 1 atom stereocenters. The van der Waals surface area contributed by atoms with E-state index in [9.17, 15) is 4.79 Å². The van der Waals surface area contributed by atoms with E-state index < -0.39 is 0 Å². The third kappa shape index (κ3) is 6.16. The minimum atomic E-state index is -0.101. The van der Waals surface area contributed by atoms with Gasteiger partial charge in [0.2, 0.25) is 5.95 Å². The summed E-state index contributed by atoms with van der Waals surface area (Å²) >= 11 is 3.45. The molecule has 0 saturated heterocycles. The molecular weight excluding hydrogens is 480 g/mol. The Morgan fingerprint density at radius 1 is 1.03 bits per heavy atom. The highest BCUT2D eigenvalue weighted by atomic mass is 79.9. The highest BCUT2D eigenvalue weighted by Crippen LogP contribution is 2.29. The minimum Gasteiger partial charge on any atom is -0.362 e. The summed E-state index contributed by atoms with van der Waals surface area (Å²) < 4.78 is 1.03. The molecule has 1 saturated carbocycles. The summed E-state index contributed by atoms with van der Waals surface area (Å²) in [6.45, 7) is 2.00. The average molecular weight is 516 g/mol. The molecule has 0 spiro atoms. The van der Waals surface area contributed by atoms with Crippen LogP contribution < -0.4 is 20.9 Å². The fourth-order valence-corrected chi connectivity index (χ4v) is 5.10. The summed E-state index contributed by atoms with van der Waals surface area (Å²) in [5.41, 5.74) is 3.60. The van der Waals surface area contributed by atoms with E-state index in [1.807, 2.05) is 31.2 Å². The van der Waals surface area contributed by atoms with Crippen LogP contribution in [0, 0.1) is 0 Å². The highest BCUT2D eigenvalue weighted by Gasteiger charge is 2.25. The molecule has 1 fully saturated rings. The number of halogens is 1. The molecule has 0 bridgehead atoms. The Hall–Kier alpha value is -2.35. The summed E-state index contributed by atoms with van der Waals surface area (Å²) in [6.07, 6.45) is 8.41. The maximum absolute atomic E-state index is 12.5. The molecule has 1 aromatic heterocycles. The van der Waals surface area contributed by atoms with Crippen LogP contribution >= 0.6 is 15.9 Å². The lowest BCUT2D eigenvalue weighted by molar-refractivity contribution is 0.229. The molecule has 178 valence electrons. The zero-order valence-corrected chi connectivity index (χ0v) is 21.4. The van der Waals surface area contributed by atoms with Gasteiger partial charge in [-0.1, -0.05) is 28.1 Å². The predicted molar refractivity (Wildman–Crippen MR) is 137 cm³/mol. The fraction of sp³-hybridized carbons (Fsp3) is 0.560. The van der Waals surface area contributed by atoms with Crippen LogP contribution in [0.1, 0.15) is 68.3 Å². The minimum absolute atomic E-state index is 0.0387. The van der Waals surface area contributed by atoms with Crippen molar-refractivity contribution < 1.29 is 4.79 Å². The maximum Gasteiger partial charge on any atom is 0.315 e. The van der Waals surface area contributed by atoms with Gasteiger partial charge < -0.3 is 20.9 Å². The molecule has 2 aliphatic rings. The fourth-order valence-electron chi connectivity index (χ4n) is 4.83. The van der Waals surface area contributed by atoms with Crippen LogP contribution in [0.5, 0.6) is 0 Å². The lowest BCUT2D eigenvalue weighted by Gasteiger charge is -2.31. The number of amides is 2. The molecule has 33 heavy (non-hydrogen) atoms. The van der Waals surface area contributed by atoms with E-state index >= 15 is 0 Å². The van der Waals surface area contributed by atoms with Crippen LogP contribution in [0.4, 0.5) is 16.6 Å². The van der Waals surface area contributed by atoms with Crippen LogP contribution in [0.2, 0.25) is 0 Å². The van der Waals surface area contributed by atoms with E-state index in [-0.39, 0.29) is 18.1 Å². The number of urea groups is 1. The van der Waals surface area contributed by atoms with Crippen molar-refractivity contribution in [3.8, 4) is 0 Å². The van der Waals surface area contributed by atoms with Crippen LogP contribution in [0.15, 0.2) is 28.7 Å². The molecule has 1 unspecified atom stereocenters. The van der Waals surface area contributed by atoms with Gasteiger partial charge in [-0.2, -0.15) is 4.98 Å². The van der Waals surface area contributed by atoms with Crippen molar-refractivity contribution in [3.63, 3.8) is 0 Å². The van der Waals surface area contributed by atoms with E-state index in [4.69, 9.17) is 9.97 Å². The van der Waals surface area contributed by atoms with Crippen molar-refractivity contribution in [2.45, 2.75) is 76.4 Å². The van der Waals surface area contributed by atoms with Gasteiger partial charge in [-0.3, -0.25) is 0 Å². The normalized spacial score (nSPS) is 21.0. The molecule has 1 aromatic carbocycles. The first-order valence-corrected chi connectivity index (χ1v) is 12.8. The zero-order chi connectivity index (χ0) is 23.4. The molecule has 8 heteroatoms. The van der Waals surface area contributed by atoms with E-state index in [0.717, 1.165) is 60.3 Å². The number of anilines is 2. The van der Waals surface area contributed by atoms with Gasteiger partial charge in [0.1, 0.15) is 5.82 Å². The summed E-state index contributed by atoms with van der Waals surface area (Å²) in [7, 11) is 4.11. The second kappa shape index (κ2) is 10.7. The van der Waals surface area contributed by atoms with E-state index in [2.05, 4.69) is 50.9 Å². The van der Waals surface area contributed by atoms with Gasteiger partial charge in [0.15, 0.2) is 0 Å². The number of aromatic nitrogens is 2. The molecule has 2 aromatic rings. The number of aryl methyl sites for hydroxylation is 1. The van der Waals surface area contributed by atoms with Crippen LogP contribution in [-0.2, 0) is 12.8 Å². The molecular formula is C25H35BrN6O. The SMILES string of the molecule is CC(NC(=O)N[C@H]1CC[C@@H](Nc2nc3c(c(N(C)C)n2)CCCC3)CC1)c1ccc(Br)cc1. The summed E-state index contributed by atoms with van der Waals surface area (Å²) in [6, 6.07) is 8.43. The number of benzene rings is 1. The predicted octanol–water partition coefficient (Wildman–Crippen LogP) is 4.97. The van der Waals surface area contributed by atoms with Crippen LogP contribution in [0.3, 0.4) is 0 Å². The van der Waals surface area contributed by atoms with Crippen molar-refractivity contribution in [1.82, 2.24) is 20.6 Å². The summed E-state index contributed by atoms with van der Waals surface area (Å²) in [5, 5.41) is 9.79. The van der Waals surface area contributed by atoms with E-state index in [0.29, 0.717) is 6.04 Å². The van der Waals surface area contributed by atoms with Gasteiger partial charge in [0, 0.05) is 36.2 Å². The first kappa shape index (κ1) is 23.8. The number of fused-ring (bicyclic) bond motifs is 1. The number of hydrogen-bond donors (Lipinski definition) is 3. The zero-order valence-electron chi connectivity index (χ0n) is 19.8. The quantitative estimate of drug-likeness (QED) is 0.506. The molecule has 0 radical (unpaired) electrons. The summed E-state index contributed by atoms with van der Waals surface area (Å²) in [4.78, 5) is 24.3. The third-order valence-corrected chi connectivity index (χ3v) is 7.23. The highest BCUT2D eigenvalue weighted by molar-refractivity contribution is 9.10. The molecule has 2 amide bonds. The maximum atomic E-state index is 12.5. The number of nitrogens with zero attached hydrogens (tertiary/aromatic N) is 3. The second-order valence-electron chi connectivity index (χ2n) is 9.48. The Balaban J connectivity index is 1.27. The molecule has 7 nitrogen and oxygen atoms in total. The summed E-state index contributed by atoms with van der Waals surface area (Å²) in [5.74, 6) is 1.80. The lowest BCUT2D eigenvalue weighted by Crippen LogP contribution is -2.45. The van der Waals surface area contributed by atoms with Crippen molar-refractivity contribution in [2.24, 2.45) is 0 Å². The van der Waals surface area contributed by atoms with Crippen LogP contribution in [-0.4, -0.2) is 42.2 Å². The van der Waals surface area contributed by atoms with E-state index in [1.165, 1.54) is 24.1 Å². The Morgan fingerprint density at radius 2 is 1.70 bits per heavy atom. The molecule has 1 heterocycles. The van der Waals surface area contributed by atoms with Gasteiger partial charge in [-0.25, -0.2) is 9.78 Å². The topological polar surface area (TPSA) is 82.2 Å². The first-order valence-electron chi connectivity index (χ1n) is 12.0. The third-order valence-electron chi connectivity index (χ3n) is 6.70. The van der Waals surface area contributed by atoms with Crippen molar-refractivity contribution in [1.29, 1.82) is 0 Å². The van der Waals surface area contributed by atoms with Crippen molar-refractivity contribution in [2.75, 3.05) is 24.3 Å². The Labute approximate surface area is 205 Å². The van der Waals surface area contributed by atoms with Gasteiger partial charge in [-0.15, -0.1) is 0 Å². The van der Waals surface area contributed by atoms with Crippen molar-refractivity contribution in [3.05, 3.63) is 45.6 Å². The smallest absolute Gasteiger partial charge is 0.315 e. The van der Waals surface area contributed by atoms with Crippen LogP contribution in [0.25, 0.3) is 0 Å². The average Bonchev–Trinajstić information content (AvgIpc) is 2.80.